The summed E-state index contributed by atoms with van der Waals surface area (Å²) >= 11 is 0. The number of aryl methyl sites for hydroxylation is 1. The number of carbonyl (C=O) groups is 2. The number of nitrogens with one attached hydrogen (secondary N) is 2. The molecule has 2 N–H and O–H groups in total. The molecule has 0 radical (unpaired) electrons. The smallest absolute Gasteiger partial charge is 0.241 e. The van der Waals surface area contributed by atoms with Gasteiger partial charge in [0.1, 0.15) is 6.54 Å². The topological polar surface area (TPSA) is 93.8 Å². The van der Waals surface area contributed by atoms with Gasteiger partial charge in [-0.1, -0.05) is 26.7 Å². The molecule has 0 atom stereocenters. The lowest BCUT2D eigenvalue weighted by molar-refractivity contribution is -0.122. The minimum absolute atomic E-state index is 0.0401. The standard InChI is InChI=1S/C21H32N6O2/c1-14(2)11-27-16(4)19(15(3)25-27)9-20(28)24-18-10-22-26(12-18)13-21(29)23-17-7-5-6-8-17/h10,12,14,17H,5-9,11,13H2,1-4H3,(H,23,29)(H,24,28). The van der Waals surface area contributed by atoms with Gasteiger partial charge in [0, 0.05) is 30.0 Å². The third-order valence-electron chi connectivity index (χ3n) is 5.35. The summed E-state index contributed by atoms with van der Waals surface area (Å²) < 4.78 is 3.53. The molecule has 0 saturated heterocycles. The first kappa shape index (κ1) is 21.1. The van der Waals surface area contributed by atoms with Gasteiger partial charge in [-0.2, -0.15) is 10.2 Å². The first-order chi connectivity index (χ1) is 13.8. The van der Waals surface area contributed by atoms with Crippen molar-refractivity contribution in [2.75, 3.05) is 5.32 Å². The molecule has 2 heterocycles. The van der Waals surface area contributed by atoms with Gasteiger partial charge in [-0.15, -0.1) is 0 Å². The van der Waals surface area contributed by atoms with Crippen LogP contribution in [-0.4, -0.2) is 37.4 Å². The molecule has 0 unspecified atom stereocenters. The number of hydrogen-bond acceptors (Lipinski definition) is 4. The Hall–Kier alpha value is -2.64. The van der Waals surface area contributed by atoms with Crippen molar-refractivity contribution < 1.29 is 9.59 Å². The molecule has 1 fully saturated rings. The van der Waals surface area contributed by atoms with Crippen molar-refractivity contribution in [1.29, 1.82) is 0 Å². The van der Waals surface area contributed by atoms with Gasteiger partial charge in [-0.05, 0) is 32.6 Å². The highest BCUT2D eigenvalue weighted by molar-refractivity contribution is 5.92. The summed E-state index contributed by atoms with van der Waals surface area (Å²) in [5.74, 6) is 0.336. The molecule has 29 heavy (non-hydrogen) atoms. The van der Waals surface area contributed by atoms with E-state index in [0.29, 0.717) is 17.6 Å². The van der Waals surface area contributed by atoms with Crippen LogP contribution in [0.15, 0.2) is 12.4 Å². The van der Waals surface area contributed by atoms with Crippen LogP contribution in [0.1, 0.15) is 56.5 Å². The average Bonchev–Trinajstić information content (AvgIpc) is 3.34. The highest BCUT2D eigenvalue weighted by Gasteiger charge is 2.18. The van der Waals surface area contributed by atoms with Gasteiger partial charge in [0.15, 0.2) is 0 Å². The Morgan fingerprint density at radius 2 is 1.93 bits per heavy atom. The van der Waals surface area contributed by atoms with E-state index in [9.17, 15) is 9.59 Å². The van der Waals surface area contributed by atoms with E-state index in [1.54, 1.807) is 17.1 Å². The molecular formula is C21H32N6O2. The maximum absolute atomic E-state index is 12.5. The Morgan fingerprint density at radius 3 is 2.62 bits per heavy atom. The van der Waals surface area contributed by atoms with E-state index in [1.165, 1.54) is 12.8 Å². The molecule has 1 aliphatic carbocycles. The fourth-order valence-corrected chi connectivity index (χ4v) is 3.88. The van der Waals surface area contributed by atoms with E-state index in [0.717, 1.165) is 36.3 Å². The third kappa shape index (κ3) is 5.68. The normalized spacial score (nSPS) is 14.5. The lowest BCUT2D eigenvalue weighted by Gasteiger charge is -2.11. The minimum atomic E-state index is -0.116. The Morgan fingerprint density at radius 1 is 1.21 bits per heavy atom. The molecule has 3 rings (SSSR count). The molecule has 1 saturated carbocycles. The zero-order valence-electron chi connectivity index (χ0n) is 17.9. The average molecular weight is 401 g/mol. The number of carbonyl (C=O) groups excluding carboxylic acids is 2. The summed E-state index contributed by atoms with van der Waals surface area (Å²) in [6.07, 6.45) is 7.99. The van der Waals surface area contributed by atoms with Gasteiger partial charge in [-0.3, -0.25) is 19.0 Å². The molecule has 0 bridgehead atoms. The van der Waals surface area contributed by atoms with E-state index in [4.69, 9.17) is 0 Å². The summed E-state index contributed by atoms with van der Waals surface area (Å²) in [5, 5.41) is 14.7. The number of aromatic nitrogens is 4. The van der Waals surface area contributed by atoms with Crippen LogP contribution in [0.5, 0.6) is 0 Å². The fraction of sp³-hybridized carbons (Fsp3) is 0.619. The quantitative estimate of drug-likeness (QED) is 0.712. The number of hydrogen-bond donors (Lipinski definition) is 2. The molecule has 0 spiro atoms. The fourth-order valence-electron chi connectivity index (χ4n) is 3.88. The van der Waals surface area contributed by atoms with E-state index in [-0.39, 0.29) is 24.8 Å². The molecule has 1 aliphatic rings. The lowest BCUT2D eigenvalue weighted by atomic mass is 10.1. The van der Waals surface area contributed by atoms with Gasteiger partial charge >= 0.3 is 0 Å². The summed E-state index contributed by atoms with van der Waals surface area (Å²) in [4.78, 5) is 24.6. The van der Waals surface area contributed by atoms with Gasteiger partial charge < -0.3 is 10.6 Å². The van der Waals surface area contributed by atoms with Crippen molar-refractivity contribution in [3.05, 3.63) is 29.3 Å². The van der Waals surface area contributed by atoms with E-state index in [2.05, 4.69) is 34.7 Å². The van der Waals surface area contributed by atoms with E-state index >= 15 is 0 Å². The second-order valence-corrected chi connectivity index (χ2v) is 8.43. The van der Waals surface area contributed by atoms with Crippen LogP contribution >= 0.6 is 0 Å². The second-order valence-electron chi connectivity index (χ2n) is 8.43. The molecule has 0 aliphatic heterocycles. The van der Waals surface area contributed by atoms with Gasteiger partial charge in [-0.25, -0.2) is 0 Å². The number of nitrogens with zero attached hydrogens (tertiary/aromatic N) is 4. The van der Waals surface area contributed by atoms with Crippen LogP contribution in [0, 0.1) is 19.8 Å². The molecule has 158 valence electrons. The monoisotopic (exact) mass is 400 g/mol. The number of rotatable bonds is 8. The van der Waals surface area contributed by atoms with Crippen LogP contribution in [0.3, 0.4) is 0 Å². The molecular weight excluding hydrogens is 368 g/mol. The third-order valence-corrected chi connectivity index (χ3v) is 5.35. The molecule has 2 aromatic rings. The maximum Gasteiger partial charge on any atom is 0.241 e. The molecule has 0 aromatic carbocycles. The van der Waals surface area contributed by atoms with Crippen LogP contribution in [0.2, 0.25) is 0 Å². The molecule has 2 aromatic heterocycles. The summed E-state index contributed by atoms with van der Waals surface area (Å²) in [6.45, 7) is 9.24. The van der Waals surface area contributed by atoms with Crippen molar-refractivity contribution in [2.45, 2.75) is 78.9 Å². The Labute approximate surface area is 172 Å². The number of anilines is 1. The zero-order chi connectivity index (χ0) is 21.0. The highest BCUT2D eigenvalue weighted by Crippen LogP contribution is 2.18. The predicted octanol–water partition coefficient (Wildman–Crippen LogP) is 2.59. The maximum atomic E-state index is 12.5. The van der Waals surface area contributed by atoms with Gasteiger partial charge in [0.05, 0.1) is 24.0 Å². The van der Waals surface area contributed by atoms with E-state index < -0.39 is 0 Å². The Balaban J connectivity index is 1.54. The SMILES string of the molecule is Cc1nn(CC(C)C)c(C)c1CC(=O)Nc1cnn(CC(=O)NC2CCCC2)c1. The van der Waals surface area contributed by atoms with Crippen molar-refractivity contribution in [3.8, 4) is 0 Å². The molecule has 8 nitrogen and oxygen atoms in total. The second kappa shape index (κ2) is 9.24. The summed E-state index contributed by atoms with van der Waals surface area (Å²) in [5.41, 5.74) is 3.48. The summed E-state index contributed by atoms with van der Waals surface area (Å²) in [6, 6.07) is 0.292. The zero-order valence-corrected chi connectivity index (χ0v) is 17.9. The Kier molecular flexibility index (Phi) is 6.71. The molecule has 8 heteroatoms. The van der Waals surface area contributed by atoms with Gasteiger partial charge in [0.2, 0.25) is 11.8 Å². The van der Waals surface area contributed by atoms with Crippen LogP contribution in [-0.2, 0) is 29.1 Å². The highest BCUT2D eigenvalue weighted by atomic mass is 16.2. The van der Waals surface area contributed by atoms with Crippen molar-refractivity contribution in [1.82, 2.24) is 24.9 Å². The van der Waals surface area contributed by atoms with Crippen molar-refractivity contribution >= 4 is 17.5 Å². The largest absolute Gasteiger partial charge is 0.352 e. The summed E-state index contributed by atoms with van der Waals surface area (Å²) in [7, 11) is 0. The number of amides is 2. The first-order valence-electron chi connectivity index (χ1n) is 10.5. The van der Waals surface area contributed by atoms with Crippen molar-refractivity contribution in [2.24, 2.45) is 5.92 Å². The van der Waals surface area contributed by atoms with Crippen LogP contribution < -0.4 is 10.6 Å². The predicted molar refractivity (Wildman–Crippen MR) is 111 cm³/mol. The minimum Gasteiger partial charge on any atom is -0.352 e. The van der Waals surface area contributed by atoms with Gasteiger partial charge in [0.25, 0.3) is 0 Å². The van der Waals surface area contributed by atoms with E-state index in [1.807, 2.05) is 18.5 Å². The first-order valence-corrected chi connectivity index (χ1v) is 10.5. The lowest BCUT2D eigenvalue weighted by Crippen LogP contribution is -2.35. The molecule has 2 amide bonds. The van der Waals surface area contributed by atoms with Crippen molar-refractivity contribution in [3.63, 3.8) is 0 Å². The van der Waals surface area contributed by atoms with Crippen LogP contribution in [0.4, 0.5) is 5.69 Å². The van der Waals surface area contributed by atoms with Crippen LogP contribution in [0.25, 0.3) is 0 Å². The Bertz CT molecular complexity index is 861.